The molecule has 0 aliphatic heterocycles. The lowest BCUT2D eigenvalue weighted by atomic mass is 10.2. The lowest BCUT2D eigenvalue weighted by Gasteiger charge is -2.16. The van der Waals surface area contributed by atoms with Gasteiger partial charge in [0.05, 0.1) is 6.10 Å². The molecule has 8 heteroatoms. The molecule has 8 nitrogen and oxygen atoms in total. The van der Waals surface area contributed by atoms with Gasteiger partial charge in [0.2, 0.25) is 0 Å². The van der Waals surface area contributed by atoms with Gasteiger partial charge in [-0.3, -0.25) is 0 Å². The fraction of sp³-hybridized carbons (Fsp3) is 0.471. The van der Waals surface area contributed by atoms with Gasteiger partial charge in [0.15, 0.2) is 0 Å². The van der Waals surface area contributed by atoms with Crippen molar-refractivity contribution in [1.29, 1.82) is 0 Å². The van der Waals surface area contributed by atoms with Crippen molar-refractivity contribution in [2.75, 3.05) is 13.2 Å². The minimum atomic E-state index is -1.04. The van der Waals surface area contributed by atoms with Gasteiger partial charge in [-0.15, -0.1) is 0 Å². The zero-order valence-electron chi connectivity index (χ0n) is 14.6. The SMILES string of the molecule is C=CC(=O)OC(C)C(O)CC.C=CC(=O)OCC(O)COC(=O)C=C. The molecule has 0 fully saturated rings. The second-order valence-electron chi connectivity index (χ2n) is 4.64. The van der Waals surface area contributed by atoms with Crippen LogP contribution in [-0.4, -0.2) is 59.6 Å². The molecule has 142 valence electrons. The Bertz CT molecular complexity index is 434. The summed E-state index contributed by atoms with van der Waals surface area (Å²) in [6, 6.07) is 0. The molecule has 0 spiro atoms. The Labute approximate surface area is 147 Å². The molecule has 0 amide bonds. The summed E-state index contributed by atoms with van der Waals surface area (Å²) in [7, 11) is 0. The van der Waals surface area contributed by atoms with Crippen LogP contribution in [0.3, 0.4) is 0 Å². The molecule has 0 aromatic carbocycles. The molecule has 2 atom stereocenters. The first-order chi connectivity index (χ1) is 11.7. The number of aliphatic hydroxyl groups is 2. The van der Waals surface area contributed by atoms with Crippen molar-refractivity contribution in [3.05, 3.63) is 38.0 Å². The van der Waals surface area contributed by atoms with Crippen molar-refractivity contribution in [3.8, 4) is 0 Å². The van der Waals surface area contributed by atoms with Gasteiger partial charge >= 0.3 is 17.9 Å². The number of hydrogen-bond acceptors (Lipinski definition) is 8. The van der Waals surface area contributed by atoms with Crippen LogP contribution in [0.1, 0.15) is 20.3 Å². The van der Waals surface area contributed by atoms with Gasteiger partial charge in [-0.2, -0.15) is 0 Å². The van der Waals surface area contributed by atoms with E-state index >= 15 is 0 Å². The summed E-state index contributed by atoms with van der Waals surface area (Å²) in [5.41, 5.74) is 0. The molecule has 2 unspecified atom stereocenters. The molecule has 0 aromatic rings. The molecule has 2 N–H and O–H groups in total. The summed E-state index contributed by atoms with van der Waals surface area (Å²) >= 11 is 0. The summed E-state index contributed by atoms with van der Waals surface area (Å²) in [5, 5.41) is 18.3. The number of ether oxygens (including phenoxy) is 3. The van der Waals surface area contributed by atoms with Crippen LogP contribution >= 0.6 is 0 Å². The van der Waals surface area contributed by atoms with Gasteiger partial charge in [0.25, 0.3) is 0 Å². The van der Waals surface area contributed by atoms with E-state index in [0.717, 1.165) is 18.2 Å². The summed E-state index contributed by atoms with van der Waals surface area (Å²) in [6.07, 6.45) is 1.53. The largest absolute Gasteiger partial charge is 0.460 e. The maximum atomic E-state index is 10.6. The van der Waals surface area contributed by atoms with Crippen LogP contribution in [0.25, 0.3) is 0 Å². The molecule has 0 aliphatic rings. The van der Waals surface area contributed by atoms with Gasteiger partial charge in [0, 0.05) is 18.2 Å². The molecule has 25 heavy (non-hydrogen) atoms. The maximum Gasteiger partial charge on any atom is 0.330 e. The van der Waals surface area contributed by atoms with Gasteiger partial charge in [-0.25, -0.2) is 14.4 Å². The topological polar surface area (TPSA) is 119 Å². The molecule has 0 aromatic heterocycles. The average molecular weight is 358 g/mol. The second kappa shape index (κ2) is 15.1. The predicted molar refractivity (Wildman–Crippen MR) is 90.4 cm³/mol. The number of carbonyl (C=O) groups is 3. The highest BCUT2D eigenvalue weighted by atomic mass is 16.6. The van der Waals surface area contributed by atoms with Crippen molar-refractivity contribution < 1.29 is 38.8 Å². The monoisotopic (exact) mass is 358 g/mol. The van der Waals surface area contributed by atoms with Crippen LogP contribution in [0, 0.1) is 0 Å². The molecule has 0 bridgehead atoms. The Hall–Kier alpha value is -2.45. The molecule has 0 saturated carbocycles. The molecule has 0 radical (unpaired) electrons. The second-order valence-corrected chi connectivity index (χ2v) is 4.64. The quantitative estimate of drug-likeness (QED) is 0.332. The highest BCUT2D eigenvalue weighted by Crippen LogP contribution is 2.02. The zero-order valence-corrected chi connectivity index (χ0v) is 14.6. The minimum absolute atomic E-state index is 0.241. The first-order valence-electron chi connectivity index (χ1n) is 7.49. The summed E-state index contributed by atoms with van der Waals surface area (Å²) in [4.78, 5) is 31.7. The Morgan fingerprint density at radius 3 is 1.64 bits per heavy atom. The predicted octanol–water partition coefficient (Wildman–Crippen LogP) is 0.681. The fourth-order valence-corrected chi connectivity index (χ4v) is 1.16. The molecule has 0 saturated heterocycles. The third kappa shape index (κ3) is 14.9. The Kier molecular flexibility index (Phi) is 15.0. The van der Waals surface area contributed by atoms with Crippen molar-refractivity contribution in [2.45, 2.75) is 38.6 Å². The zero-order chi connectivity index (χ0) is 19.8. The summed E-state index contributed by atoms with van der Waals surface area (Å²) < 4.78 is 13.7. The van der Waals surface area contributed by atoms with Crippen LogP contribution in [0.5, 0.6) is 0 Å². The first-order valence-corrected chi connectivity index (χ1v) is 7.49. The smallest absolute Gasteiger partial charge is 0.330 e. The highest BCUT2D eigenvalue weighted by Gasteiger charge is 2.14. The van der Waals surface area contributed by atoms with E-state index in [9.17, 15) is 14.4 Å². The van der Waals surface area contributed by atoms with Gasteiger partial charge in [-0.1, -0.05) is 26.7 Å². The number of esters is 3. The maximum absolute atomic E-state index is 10.6. The van der Waals surface area contributed by atoms with Crippen LogP contribution < -0.4 is 0 Å². The van der Waals surface area contributed by atoms with E-state index in [0.29, 0.717) is 6.42 Å². The Morgan fingerprint density at radius 1 is 0.920 bits per heavy atom. The Balaban J connectivity index is 0. The van der Waals surface area contributed by atoms with E-state index in [1.165, 1.54) is 0 Å². The van der Waals surface area contributed by atoms with Crippen molar-refractivity contribution in [1.82, 2.24) is 0 Å². The number of rotatable bonds is 10. The van der Waals surface area contributed by atoms with E-state index in [4.69, 9.17) is 14.9 Å². The van der Waals surface area contributed by atoms with Gasteiger partial charge in [-0.05, 0) is 13.3 Å². The van der Waals surface area contributed by atoms with E-state index in [-0.39, 0.29) is 13.2 Å². The fourth-order valence-electron chi connectivity index (χ4n) is 1.16. The van der Waals surface area contributed by atoms with E-state index in [1.807, 2.05) is 6.92 Å². The normalized spacial score (nSPS) is 11.9. The summed E-state index contributed by atoms with van der Waals surface area (Å²) in [5.74, 6) is -1.77. The number of carbonyl (C=O) groups excluding carboxylic acids is 3. The van der Waals surface area contributed by atoms with Crippen molar-refractivity contribution in [3.63, 3.8) is 0 Å². The average Bonchev–Trinajstić information content (AvgIpc) is 2.63. The molecule has 0 rings (SSSR count). The van der Waals surface area contributed by atoms with Crippen molar-refractivity contribution in [2.24, 2.45) is 0 Å². The van der Waals surface area contributed by atoms with Crippen LogP contribution in [0.4, 0.5) is 0 Å². The lowest BCUT2D eigenvalue weighted by Crippen LogP contribution is -2.27. The van der Waals surface area contributed by atoms with Crippen LogP contribution in [0.15, 0.2) is 38.0 Å². The van der Waals surface area contributed by atoms with E-state index < -0.39 is 36.2 Å². The molecule has 0 aliphatic carbocycles. The molecule has 0 heterocycles. The lowest BCUT2D eigenvalue weighted by molar-refractivity contribution is -0.148. The standard InChI is InChI=1S/C9H12O5.C8H14O3/c1-3-8(11)13-5-7(10)6-14-9(12)4-2;1-4-7(9)6(3)11-8(10)5-2/h3-4,7,10H,1-2,5-6H2;5-7,9H,2,4H2,1,3H3. The van der Waals surface area contributed by atoms with Gasteiger partial charge in [0.1, 0.15) is 25.4 Å². The van der Waals surface area contributed by atoms with Crippen molar-refractivity contribution >= 4 is 17.9 Å². The van der Waals surface area contributed by atoms with Crippen LogP contribution in [0.2, 0.25) is 0 Å². The molecular formula is C17H26O8. The molecular weight excluding hydrogens is 332 g/mol. The number of hydrogen-bond donors (Lipinski definition) is 2. The third-order valence-electron chi connectivity index (χ3n) is 2.60. The third-order valence-corrected chi connectivity index (χ3v) is 2.60. The van der Waals surface area contributed by atoms with E-state index in [2.05, 4.69) is 29.2 Å². The Morgan fingerprint density at radius 2 is 1.32 bits per heavy atom. The highest BCUT2D eigenvalue weighted by molar-refractivity contribution is 5.82. The first kappa shape index (κ1) is 24.8. The number of aliphatic hydroxyl groups excluding tert-OH is 2. The summed E-state index contributed by atoms with van der Waals surface area (Å²) in [6.45, 7) is 12.6. The van der Waals surface area contributed by atoms with Gasteiger partial charge < -0.3 is 24.4 Å². The van der Waals surface area contributed by atoms with E-state index in [1.54, 1.807) is 6.92 Å². The van der Waals surface area contributed by atoms with Crippen LogP contribution in [-0.2, 0) is 28.6 Å². The minimum Gasteiger partial charge on any atom is -0.460 e.